The highest BCUT2D eigenvalue weighted by molar-refractivity contribution is 7.98. The molecule has 0 saturated heterocycles. The van der Waals surface area contributed by atoms with Crippen LogP contribution in [-0.2, 0) is 6.42 Å². The minimum absolute atomic E-state index is 0.0637. The van der Waals surface area contributed by atoms with E-state index in [1.807, 2.05) is 23.9 Å². The minimum atomic E-state index is -0.0637. The Balaban J connectivity index is 2.50. The van der Waals surface area contributed by atoms with Gasteiger partial charge < -0.3 is 5.32 Å². The molecule has 0 fully saturated rings. The highest BCUT2D eigenvalue weighted by Gasteiger charge is 2.12. The zero-order valence-corrected chi connectivity index (χ0v) is 13.8. The molecular formula is C17H28FNS. The molecule has 0 bridgehead atoms. The van der Waals surface area contributed by atoms with Crippen molar-refractivity contribution in [3.05, 3.63) is 35.6 Å². The van der Waals surface area contributed by atoms with Crippen LogP contribution in [0.25, 0.3) is 0 Å². The van der Waals surface area contributed by atoms with Crippen LogP contribution in [0.5, 0.6) is 0 Å². The summed E-state index contributed by atoms with van der Waals surface area (Å²) in [5.41, 5.74) is 0.855. The number of nitrogens with one attached hydrogen (secondary N) is 1. The van der Waals surface area contributed by atoms with Gasteiger partial charge in [-0.1, -0.05) is 32.0 Å². The molecule has 1 N–H and O–H groups in total. The van der Waals surface area contributed by atoms with Crippen molar-refractivity contribution in [2.24, 2.45) is 11.8 Å². The van der Waals surface area contributed by atoms with Crippen LogP contribution in [0.3, 0.4) is 0 Å². The van der Waals surface area contributed by atoms with Gasteiger partial charge in [-0.15, -0.1) is 0 Å². The van der Waals surface area contributed by atoms with Crippen molar-refractivity contribution in [3.8, 4) is 0 Å². The summed E-state index contributed by atoms with van der Waals surface area (Å²) < 4.78 is 13.8. The van der Waals surface area contributed by atoms with E-state index in [2.05, 4.69) is 25.4 Å². The summed E-state index contributed by atoms with van der Waals surface area (Å²) in [7, 11) is 0. The van der Waals surface area contributed by atoms with Crippen LogP contribution in [0.2, 0.25) is 0 Å². The van der Waals surface area contributed by atoms with Gasteiger partial charge in [0.1, 0.15) is 5.82 Å². The Morgan fingerprint density at radius 2 is 1.95 bits per heavy atom. The van der Waals surface area contributed by atoms with E-state index in [0.717, 1.165) is 25.1 Å². The van der Waals surface area contributed by atoms with Crippen molar-refractivity contribution in [2.45, 2.75) is 33.1 Å². The van der Waals surface area contributed by atoms with E-state index in [4.69, 9.17) is 0 Å². The number of hydrogen-bond donors (Lipinski definition) is 1. The monoisotopic (exact) mass is 297 g/mol. The second-order valence-electron chi connectivity index (χ2n) is 5.85. The Kier molecular flexibility index (Phi) is 8.95. The van der Waals surface area contributed by atoms with Crippen molar-refractivity contribution >= 4 is 11.8 Å². The van der Waals surface area contributed by atoms with Gasteiger partial charge in [-0.2, -0.15) is 11.8 Å². The Morgan fingerprint density at radius 1 is 1.20 bits per heavy atom. The highest BCUT2D eigenvalue weighted by Crippen LogP contribution is 2.17. The molecule has 1 nitrogen and oxygen atoms in total. The second-order valence-corrected chi connectivity index (χ2v) is 6.83. The summed E-state index contributed by atoms with van der Waals surface area (Å²) in [5, 5.41) is 3.52. The summed E-state index contributed by atoms with van der Waals surface area (Å²) in [5.74, 6) is 2.32. The van der Waals surface area contributed by atoms with E-state index in [1.165, 1.54) is 18.6 Å². The van der Waals surface area contributed by atoms with Crippen LogP contribution in [0.15, 0.2) is 24.3 Å². The smallest absolute Gasteiger partial charge is 0.126 e. The average Bonchev–Trinajstić information content (AvgIpc) is 2.41. The Bertz CT molecular complexity index is 368. The van der Waals surface area contributed by atoms with Gasteiger partial charge in [-0.05, 0) is 67.8 Å². The standard InChI is InChI=1S/C17H28FNS/c1-14(2)12-19-13-15(7-6-10-20-3)11-16-8-4-5-9-17(16)18/h4-5,8-9,14-15,19H,6-7,10-13H2,1-3H3. The van der Waals surface area contributed by atoms with Crippen LogP contribution in [0.1, 0.15) is 32.3 Å². The van der Waals surface area contributed by atoms with E-state index >= 15 is 0 Å². The first kappa shape index (κ1) is 17.5. The van der Waals surface area contributed by atoms with Crippen LogP contribution in [-0.4, -0.2) is 25.1 Å². The molecule has 0 radical (unpaired) electrons. The summed E-state index contributed by atoms with van der Waals surface area (Å²) in [6.45, 7) is 6.45. The van der Waals surface area contributed by atoms with Crippen LogP contribution < -0.4 is 5.32 Å². The summed E-state index contributed by atoms with van der Waals surface area (Å²) in [6.07, 6.45) is 5.36. The van der Waals surface area contributed by atoms with Gasteiger partial charge in [-0.25, -0.2) is 4.39 Å². The Morgan fingerprint density at radius 3 is 2.60 bits per heavy atom. The van der Waals surface area contributed by atoms with Gasteiger partial charge >= 0.3 is 0 Å². The summed E-state index contributed by atoms with van der Waals surface area (Å²) in [4.78, 5) is 0. The van der Waals surface area contributed by atoms with E-state index in [1.54, 1.807) is 12.1 Å². The molecular weight excluding hydrogens is 269 g/mol. The maximum Gasteiger partial charge on any atom is 0.126 e. The molecule has 3 heteroatoms. The fourth-order valence-electron chi connectivity index (χ4n) is 2.34. The molecule has 20 heavy (non-hydrogen) atoms. The van der Waals surface area contributed by atoms with Crippen molar-refractivity contribution in [3.63, 3.8) is 0 Å². The molecule has 1 rings (SSSR count). The molecule has 0 saturated carbocycles. The fraction of sp³-hybridized carbons (Fsp3) is 0.647. The third-order valence-corrected chi connectivity index (χ3v) is 4.11. The van der Waals surface area contributed by atoms with Crippen LogP contribution >= 0.6 is 11.8 Å². The largest absolute Gasteiger partial charge is 0.316 e. The van der Waals surface area contributed by atoms with Gasteiger partial charge in [0.05, 0.1) is 0 Å². The van der Waals surface area contributed by atoms with Crippen molar-refractivity contribution in [1.29, 1.82) is 0 Å². The fourth-order valence-corrected chi connectivity index (χ4v) is 2.80. The molecule has 1 unspecified atom stereocenters. The van der Waals surface area contributed by atoms with Crippen molar-refractivity contribution < 1.29 is 4.39 Å². The average molecular weight is 297 g/mol. The van der Waals surface area contributed by atoms with Gasteiger partial charge in [0.25, 0.3) is 0 Å². The molecule has 0 aliphatic carbocycles. The molecule has 0 aromatic heterocycles. The van der Waals surface area contributed by atoms with Gasteiger partial charge in [-0.3, -0.25) is 0 Å². The molecule has 0 heterocycles. The van der Waals surface area contributed by atoms with Crippen LogP contribution in [0.4, 0.5) is 4.39 Å². The molecule has 0 aliphatic rings. The second kappa shape index (κ2) is 10.2. The highest BCUT2D eigenvalue weighted by atomic mass is 32.2. The zero-order chi connectivity index (χ0) is 14.8. The lowest BCUT2D eigenvalue weighted by Crippen LogP contribution is -2.28. The quantitative estimate of drug-likeness (QED) is 0.643. The predicted molar refractivity (Wildman–Crippen MR) is 88.9 cm³/mol. The first-order valence-corrected chi connectivity index (χ1v) is 8.96. The number of halogens is 1. The van der Waals surface area contributed by atoms with E-state index in [9.17, 15) is 4.39 Å². The van der Waals surface area contributed by atoms with Crippen LogP contribution in [0, 0.1) is 17.7 Å². The minimum Gasteiger partial charge on any atom is -0.316 e. The number of thioether (sulfide) groups is 1. The molecule has 1 atom stereocenters. The first-order chi connectivity index (χ1) is 9.63. The number of benzene rings is 1. The van der Waals surface area contributed by atoms with E-state index in [0.29, 0.717) is 11.8 Å². The maximum atomic E-state index is 13.8. The number of rotatable bonds is 10. The maximum absolute atomic E-state index is 13.8. The van der Waals surface area contributed by atoms with Gasteiger partial charge in [0.2, 0.25) is 0 Å². The first-order valence-electron chi connectivity index (χ1n) is 7.56. The Hall–Kier alpha value is -0.540. The molecule has 0 aliphatic heterocycles. The van der Waals surface area contributed by atoms with E-state index in [-0.39, 0.29) is 5.82 Å². The lowest BCUT2D eigenvalue weighted by Gasteiger charge is -2.19. The normalized spacial score (nSPS) is 12.8. The van der Waals surface area contributed by atoms with E-state index < -0.39 is 0 Å². The van der Waals surface area contributed by atoms with Gasteiger partial charge in [0, 0.05) is 0 Å². The summed E-state index contributed by atoms with van der Waals surface area (Å²) in [6, 6.07) is 7.17. The molecule has 1 aromatic rings. The molecule has 0 amide bonds. The number of hydrogen-bond acceptors (Lipinski definition) is 2. The zero-order valence-electron chi connectivity index (χ0n) is 13.0. The molecule has 0 spiro atoms. The molecule has 114 valence electrons. The third kappa shape index (κ3) is 7.30. The van der Waals surface area contributed by atoms with Gasteiger partial charge in [0.15, 0.2) is 0 Å². The lowest BCUT2D eigenvalue weighted by atomic mass is 9.94. The lowest BCUT2D eigenvalue weighted by molar-refractivity contribution is 0.416. The predicted octanol–water partition coefficient (Wildman–Crippen LogP) is 4.37. The van der Waals surface area contributed by atoms with Crippen molar-refractivity contribution in [2.75, 3.05) is 25.1 Å². The Labute approximate surface area is 127 Å². The SMILES string of the molecule is CSCCCC(CNCC(C)C)Cc1ccccc1F. The topological polar surface area (TPSA) is 12.0 Å². The van der Waals surface area contributed by atoms with Crippen molar-refractivity contribution in [1.82, 2.24) is 5.32 Å². The molecule has 1 aromatic carbocycles. The summed E-state index contributed by atoms with van der Waals surface area (Å²) >= 11 is 1.89. The third-order valence-electron chi connectivity index (χ3n) is 3.41.